The normalized spacial score (nSPS) is 29.8. The summed E-state index contributed by atoms with van der Waals surface area (Å²) in [5.74, 6) is 0.504. The maximum atomic E-state index is 12.8. The first-order valence-electron chi connectivity index (χ1n) is 5.89. The molecule has 2 fully saturated rings. The van der Waals surface area contributed by atoms with Gasteiger partial charge in [0, 0.05) is 18.5 Å². The molecule has 0 aromatic heterocycles. The summed E-state index contributed by atoms with van der Waals surface area (Å²) in [7, 11) is 2.01. The summed E-state index contributed by atoms with van der Waals surface area (Å²) in [6.45, 7) is 1.82. The van der Waals surface area contributed by atoms with E-state index in [1.807, 2.05) is 7.05 Å². The van der Waals surface area contributed by atoms with Crippen molar-refractivity contribution in [2.75, 3.05) is 20.1 Å². The molecule has 0 unspecified atom stereocenters. The van der Waals surface area contributed by atoms with E-state index in [4.69, 9.17) is 11.6 Å². The summed E-state index contributed by atoms with van der Waals surface area (Å²) in [5, 5.41) is -0.216. The van der Waals surface area contributed by atoms with E-state index in [0.717, 1.165) is 25.1 Å². The van der Waals surface area contributed by atoms with E-state index in [9.17, 15) is 13.2 Å². The summed E-state index contributed by atoms with van der Waals surface area (Å²) in [4.78, 5) is 2.18. The topological polar surface area (TPSA) is 3.24 Å². The summed E-state index contributed by atoms with van der Waals surface area (Å²) in [5.41, 5.74) is 0.0177. The predicted molar refractivity (Wildman–Crippen MR) is 71.0 cm³/mol. The molecular formula is C13H14Cl2F3N. The molecule has 1 saturated carbocycles. The summed E-state index contributed by atoms with van der Waals surface area (Å²) < 4.78 is 38.5. The molecule has 3 rings (SSSR count). The van der Waals surface area contributed by atoms with Crippen molar-refractivity contribution in [1.29, 1.82) is 0 Å². The summed E-state index contributed by atoms with van der Waals surface area (Å²) in [6, 6.07) is 4.36. The Labute approximate surface area is 121 Å². The third kappa shape index (κ3) is 2.34. The molecule has 1 aromatic carbocycles. The van der Waals surface area contributed by atoms with Crippen LogP contribution in [0, 0.1) is 5.92 Å². The zero-order chi connectivity index (χ0) is 13.1. The number of rotatable bonds is 1. The first kappa shape index (κ1) is 14.9. The van der Waals surface area contributed by atoms with Gasteiger partial charge in [-0.15, -0.1) is 12.4 Å². The van der Waals surface area contributed by atoms with Crippen molar-refractivity contribution in [1.82, 2.24) is 4.90 Å². The number of benzene rings is 1. The lowest BCUT2D eigenvalue weighted by atomic mass is 9.93. The molecule has 106 valence electrons. The second-order valence-electron chi connectivity index (χ2n) is 5.45. The third-order valence-corrected chi connectivity index (χ3v) is 4.49. The molecule has 0 amide bonds. The molecule has 1 saturated heterocycles. The summed E-state index contributed by atoms with van der Waals surface area (Å²) in [6.07, 6.45) is -3.38. The van der Waals surface area contributed by atoms with Gasteiger partial charge in [-0.2, -0.15) is 13.2 Å². The minimum Gasteiger partial charge on any atom is -0.305 e. The van der Waals surface area contributed by atoms with Crippen LogP contribution in [0.3, 0.4) is 0 Å². The Hall–Kier alpha value is -0.450. The van der Waals surface area contributed by atoms with Crippen molar-refractivity contribution < 1.29 is 13.2 Å². The second-order valence-corrected chi connectivity index (χ2v) is 5.85. The van der Waals surface area contributed by atoms with E-state index in [0.29, 0.717) is 5.92 Å². The fourth-order valence-corrected chi connectivity index (χ4v) is 3.46. The van der Waals surface area contributed by atoms with E-state index >= 15 is 0 Å². The van der Waals surface area contributed by atoms with E-state index in [1.54, 1.807) is 6.07 Å². The van der Waals surface area contributed by atoms with Gasteiger partial charge < -0.3 is 4.90 Å². The highest BCUT2D eigenvalue weighted by Crippen LogP contribution is 2.59. The molecule has 0 spiro atoms. The molecule has 2 aliphatic rings. The largest absolute Gasteiger partial charge is 0.417 e. The predicted octanol–water partition coefficient (Wildman–Crippen LogP) is 3.98. The van der Waals surface area contributed by atoms with E-state index in [-0.39, 0.29) is 22.8 Å². The molecule has 1 heterocycles. The van der Waals surface area contributed by atoms with Crippen molar-refractivity contribution >= 4 is 24.0 Å². The van der Waals surface area contributed by atoms with Crippen molar-refractivity contribution in [3.05, 3.63) is 34.3 Å². The number of alkyl halides is 3. The Bertz CT molecular complexity index is 503. The van der Waals surface area contributed by atoms with Crippen LogP contribution >= 0.6 is 24.0 Å². The fraction of sp³-hybridized carbons (Fsp3) is 0.538. The Balaban J connectivity index is 0.00000133. The number of likely N-dealkylation sites (tertiary alicyclic amines) is 1. The first-order chi connectivity index (χ1) is 8.33. The first-order valence-corrected chi connectivity index (χ1v) is 6.26. The number of piperidine rings is 1. The van der Waals surface area contributed by atoms with E-state index < -0.39 is 11.7 Å². The average molecular weight is 312 g/mol. The van der Waals surface area contributed by atoms with Crippen LogP contribution in [0.5, 0.6) is 0 Å². The van der Waals surface area contributed by atoms with E-state index in [1.165, 1.54) is 12.1 Å². The highest BCUT2D eigenvalue weighted by molar-refractivity contribution is 6.31. The number of nitrogens with zero attached hydrogens (tertiary/aromatic N) is 1. The minimum absolute atomic E-state index is 0. The number of likely N-dealkylation sites (N-methyl/N-ethyl adjacent to an activating group) is 1. The van der Waals surface area contributed by atoms with Gasteiger partial charge in [-0.05, 0) is 37.1 Å². The van der Waals surface area contributed by atoms with Gasteiger partial charge in [0.05, 0.1) is 10.6 Å². The maximum Gasteiger partial charge on any atom is 0.417 e. The molecular weight excluding hydrogens is 298 g/mol. The Morgan fingerprint density at radius 2 is 2.05 bits per heavy atom. The molecule has 19 heavy (non-hydrogen) atoms. The van der Waals surface area contributed by atoms with Gasteiger partial charge in [0.15, 0.2) is 0 Å². The smallest absolute Gasteiger partial charge is 0.305 e. The van der Waals surface area contributed by atoms with Crippen LogP contribution in [-0.2, 0) is 11.6 Å². The zero-order valence-electron chi connectivity index (χ0n) is 10.3. The SMILES string of the molecule is CN1C[C@H]2C[C@@]2(c2ccc(Cl)c(C(F)(F)F)c2)C1.Cl. The van der Waals surface area contributed by atoms with Crippen molar-refractivity contribution in [3.8, 4) is 0 Å². The highest BCUT2D eigenvalue weighted by atomic mass is 35.5. The van der Waals surface area contributed by atoms with Crippen molar-refractivity contribution in [3.63, 3.8) is 0 Å². The molecule has 0 bridgehead atoms. The number of hydrogen-bond acceptors (Lipinski definition) is 1. The standard InChI is InChI=1S/C13H13ClF3N.ClH/c1-18-6-9-5-12(9,7-18)8-2-3-11(14)10(4-8)13(15,16)17;/h2-4,9H,5-7H2,1H3;1H/t9-,12+;/m1./s1. The fourth-order valence-electron chi connectivity index (χ4n) is 3.23. The molecule has 0 N–H and O–H groups in total. The van der Waals surface area contributed by atoms with Gasteiger partial charge in [-0.3, -0.25) is 0 Å². The molecule has 2 atom stereocenters. The number of fused-ring (bicyclic) bond motifs is 1. The van der Waals surface area contributed by atoms with Gasteiger partial charge >= 0.3 is 6.18 Å². The zero-order valence-corrected chi connectivity index (χ0v) is 11.9. The quantitative estimate of drug-likeness (QED) is 0.758. The lowest BCUT2D eigenvalue weighted by Gasteiger charge is -2.18. The van der Waals surface area contributed by atoms with Gasteiger partial charge in [0.2, 0.25) is 0 Å². The Morgan fingerprint density at radius 1 is 1.37 bits per heavy atom. The van der Waals surface area contributed by atoms with Crippen LogP contribution in [-0.4, -0.2) is 25.0 Å². The van der Waals surface area contributed by atoms with Crippen LogP contribution in [0.1, 0.15) is 17.5 Å². The number of halogens is 5. The Morgan fingerprint density at radius 3 is 2.58 bits per heavy atom. The molecule has 1 aliphatic carbocycles. The minimum atomic E-state index is -4.38. The third-order valence-electron chi connectivity index (χ3n) is 4.16. The second kappa shape index (κ2) is 4.54. The Kier molecular flexibility index (Phi) is 3.57. The number of hydrogen-bond donors (Lipinski definition) is 0. The van der Waals surface area contributed by atoms with Crippen LogP contribution < -0.4 is 0 Å². The van der Waals surface area contributed by atoms with Gasteiger partial charge in [0.25, 0.3) is 0 Å². The lowest BCUT2D eigenvalue weighted by molar-refractivity contribution is -0.137. The highest BCUT2D eigenvalue weighted by Gasteiger charge is 2.60. The average Bonchev–Trinajstić information content (AvgIpc) is 2.81. The van der Waals surface area contributed by atoms with Crippen molar-refractivity contribution in [2.24, 2.45) is 5.92 Å². The van der Waals surface area contributed by atoms with Crippen LogP contribution in [0.2, 0.25) is 5.02 Å². The lowest BCUT2D eigenvalue weighted by Crippen LogP contribution is -2.22. The van der Waals surface area contributed by atoms with Crippen LogP contribution in [0.15, 0.2) is 18.2 Å². The molecule has 1 aromatic rings. The molecule has 1 nitrogen and oxygen atoms in total. The van der Waals surface area contributed by atoms with Gasteiger partial charge in [-0.1, -0.05) is 17.7 Å². The van der Waals surface area contributed by atoms with Gasteiger partial charge in [-0.25, -0.2) is 0 Å². The van der Waals surface area contributed by atoms with Crippen molar-refractivity contribution in [2.45, 2.75) is 18.0 Å². The molecule has 0 radical (unpaired) electrons. The van der Waals surface area contributed by atoms with E-state index in [2.05, 4.69) is 4.90 Å². The maximum absolute atomic E-state index is 12.8. The van der Waals surface area contributed by atoms with Crippen LogP contribution in [0.25, 0.3) is 0 Å². The van der Waals surface area contributed by atoms with Crippen LogP contribution in [0.4, 0.5) is 13.2 Å². The monoisotopic (exact) mass is 311 g/mol. The van der Waals surface area contributed by atoms with Gasteiger partial charge in [0.1, 0.15) is 0 Å². The summed E-state index contributed by atoms with van der Waals surface area (Å²) >= 11 is 5.64. The molecule has 1 aliphatic heterocycles. The molecule has 6 heteroatoms.